The Labute approximate surface area is 58.3 Å². The molecule has 0 fully saturated rings. The van der Waals surface area contributed by atoms with Gasteiger partial charge in [-0.3, -0.25) is 9.59 Å². The quantitative estimate of drug-likeness (QED) is 0.455. The SMILES string of the molecule is NC(=O)CCOCC(N)=O. The largest absolute Gasteiger partial charge is 0.371 e. The summed E-state index contributed by atoms with van der Waals surface area (Å²) in [6.07, 6.45) is 0.118. The molecular weight excluding hydrogens is 136 g/mol. The molecule has 0 aromatic heterocycles. The molecule has 0 saturated carbocycles. The number of ether oxygens (including phenoxy) is 1. The number of amides is 2. The zero-order valence-electron chi connectivity index (χ0n) is 5.50. The van der Waals surface area contributed by atoms with Crippen LogP contribution in [0.4, 0.5) is 0 Å². The highest BCUT2D eigenvalue weighted by Gasteiger charge is 1.95. The van der Waals surface area contributed by atoms with Gasteiger partial charge in [0.2, 0.25) is 11.8 Å². The van der Waals surface area contributed by atoms with Gasteiger partial charge in [0, 0.05) is 6.42 Å². The Morgan fingerprint density at radius 3 is 2.20 bits per heavy atom. The maximum Gasteiger partial charge on any atom is 0.243 e. The number of hydrogen-bond acceptors (Lipinski definition) is 3. The van der Waals surface area contributed by atoms with Crippen molar-refractivity contribution >= 4 is 11.8 Å². The van der Waals surface area contributed by atoms with Crippen LogP contribution in [0.5, 0.6) is 0 Å². The fourth-order valence-electron chi connectivity index (χ4n) is 0.346. The third-order valence-corrected chi connectivity index (χ3v) is 0.737. The van der Waals surface area contributed by atoms with Crippen LogP contribution >= 0.6 is 0 Å². The molecule has 0 aromatic carbocycles. The highest BCUT2D eigenvalue weighted by Crippen LogP contribution is 1.79. The summed E-state index contributed by atoms with van der Waals surface area (Å²) in [6.45, 7) is -0.00838. The lowest BCUT2D eigenvalue weighted by Gasteiger charge is -1.96. The summed E-state index contributed by atoms with van der Waals surface area (Å²) in [5.41, 5.74) is 9.50. The van der Waals surface area contributed by atoms with Crippen LogP contribution in [0, 0.1) is 0 Å². The standard InChI is InChI=1S/C5H10N2O3/c6-4(8)1-2-10-3-5(7)9/h1-3H2,(H2,6,8)(H2,7,9). The Morgan fingerprint density at radius 2 is 1.80 bits per heavy atom. The van der Waals surface area contributed by atoms with Crippen LogP contribution in [0.2, 0.25) is 0 Å². The second-order valence-corrected chi connectivity index (χ2v) is 1.74. The molecule has 0 radical (unpaired) electrons. The minimum absolute atomic E-state index is 0.118. The van der Waals surface area contributed by atoms with Crippen molar-refractivity contribution in [2.45, 2.75) is 6.42 Å². The fourth-order valence-corrected chi connectivity index (χ4v) is 0.346. The molecule has 0 unspecified atom stereocenters. The zero-order valence-corrected chi connectivity index (χ0v) is 5.50. The molecule has 0 atom stereocenters. The Kier molecular flexibility index (Phi) is 4.23. The van der Waals surface area contributed by atoms with E-state index in [4.69, 9.17) is 11.5 Å². The molecule has 0 saturated heterocycles. The lowest BCUT2D eigenvalue weighted by molar-refractivity contribution is -0.124. The Morgan fingerprint density at radius 1 is 1.20 bits per heavy atom. The summed E-state index contributed by atoms with van der Waals surface area (Å²) >= 11 is 0. The summed E-state index contributed by atoms with van der Waals surface area (Å²) in [4.78, 5) is 20.1. The molecular formula is C5H10N2O3. The molecule has 0 bridgehead atoms. The average molecular weight is 146 g/mol. The Balaban J connectivity index is 3.06. The van der Waals surface area contributed by atoms with E-state index >= 15 is 0 Å². The van der Waals surface area contributed by atoms with Gasteiger partial charge >= 0.3 is 0 Å². The normalized spacial score (nSPS) is 9.20. The second-order valence-electron chi connectivity index (χ2n) is 1.74. The van der Waals surface area contributed by atoms with Crippen molar-refractivity contribution in [2.75, 3.05) is 13.2 Å². The lowest BCUT2D eigenvalue weighted by Crippen LogP contribution is -2.20. The Bertz CT molecular complexity index is 119. The molecule has 0 aliphatic rings. The van der Waals surface area contributed by atoms with Crippen molar-refractivity contribution in [3.8, 4) is 0 Å². The van der Waals surface area contributed by atoms with Gasteiger partial charge < -0.3 is 16.2 Å². The molecule has 0 aromatic rings. The van der Waals surface area contributed by atoms with E-state index in [1.54, 1.807) is 0 Å². The van der Waals surface area contributed by atoms with Gasteiger partial charge in [-0.2, -0.15) is 0 Å². The molecule has 5 nitrogen and oxygen atoms in total. The van der Waals surface area contributed by atoms with E-state index in [9.17, 15) is 9.59 Å². The lowest BCUT2D eigenvalue weighted by atomic mass is 10.4. The van der Waals surface area contributed by atoms with Gasteiger partial charge in [0.15, 0.2) is 0 Å². The number of hydrogen-bond donors (Lipinski definition) is 2. The third-order valence-electron chi connectivity index (χ3n) is 0.737. The molecule has 4 N–H and O–H groups in total. The fraction of sp³-hybridized carbons (Fsp3) is 0.600. The number of primary amides is 2. The first-order valence-corrected chi connectivity index (χ1v) is 2.77. The van der Waals surface area contributed by atoms with E-state index in [1.807, 2.05) is 0 Å². The molecule has 0 aliphatic heterocycles. The highest BCUT2D eigenvalue weighted by atomic mass is 16.5. The summed E-state index contributed by atoms with van der Waals surface area (Å²) in [5.74, 6) is -1.01. The van der Waals surface area contributed by atoms with Crippen molar-refractivity contribution in [3.63, 3.8) is 0 Å². The predicted molar refractivity (Wildman–Crippen MR) is 33.8 cm³/mol. The van der Waals surface area contributed by atoms with E-state index in [1.165, 1.54) is 0 Å². The van der Waals surface area contributed by atoms with Gasteiger partial charge in [0.1, 0.15) is 6.61 Å². The number of carbonyl (C=O) groups excluding carboxylic acids is 2. The first-order chi connectivity index (χ1) is 4.63. The molecule has 58 valence electrons. The number of rotatable bonds is 5. The van der Waals surface area contributed by atoms with Crippen LogP contribution in [-0.4, -0.2) is 25.0 Å². The van der Waals surface area contributed by atoms with Crippen molar-refractivity contribution in [3.05, 3.63) is 0 Å². The molecule has 5 heteroatoms. The van der Waals surface area contributed by atoms with E-state index < -0.39 is 11.8 Å². The first kappa shape index (κ1) is 8.90. The minimum Gasteiger partial charge on any atom is -0.371 e. The molecule has 0 rings (SSSR count). The van der Waals surface area contributed by atoms with Gasteiger partial charge in [-0.25, -0.2) is 0 Å². The van der Waals surface area contributed by atoms with Crippen LogP contribution in [-0.2, 0) is 14.3 Å². The highest BCUT2D eigenvalue weighted by molar-refractivity contribution is 5.75. The summed E-state index contributed by atoms with van der Waals surface area (Å²) in [6, 6.07) is 0. The number of carbonyl (C=O) groups is 2. The molecule has 2 amide bonds. The van der Waals surface area contributed by atoms with Gasteiger partial charge in [-0.15, -0.1) is 0 Å². The zero-order chi connectivity index (χ0) is 7.98. The monoisotopic (exact) mass is 146 g/mol. The summed E-state index contributed by atoms with van der Waals surface area (Å²) < 4.78 is 4.63. The van der Waals surface area contributed by atoms with E-state index in [0.717, 1.165) is 0 Å². The number of nitrogens with two attached hydrogens (primary N) is 2. The average Bonchev–Trinajstić information content (AvgIpc) is 1.79. The van der Waals surface area contributed by atoms with Crippen molar-refractivity contribution < 1.29 is 14.3 Å². The van der Waals surface area contributed by atoms with Crippen molar-refractivity contribution in [2.24, 2.45) is 11.5 Å². The van der Waals surface area contributed by atoms with Crippen LogP contribution in [0.1, 0.15) is 6.42 Å². The van der Waals surface area contributed by atoms with Crippen molar-refractivity contribution in [1.29, 1.82) is 0 Å². The van der Waals surface area contributed by atoms with Crippen LogP contribution < -0.4 is 11.5 Å². The van der Waals surface area contributed by atoms with Gasteiger partial charge in [0.25, 0.3) is 0 Å². The molecule has 0 heterocycles. The third kappa shape index (κ3) is 6.90. The van der Waals surface area contributed by atoms with Crippen LogP contribution in [0.25, 0.3) is 0 Å². The second kappa shape index (κ2) is 4.75. The maximum atomic E-state index is 10.1. The molecule has 0 aliphatic carbocycles. The topological polar surface area (TPSA) is 95.4 Å². The van der Waals surface area contributed by atoms with Crippen LogP contribution in [0.15, 0.2) is 0 Å². The maximum absolute atomic E-state index is 10.1. The van der Waals surface area contributed by atoms with Crippen LogP contribution in [0.3, 0.4) is 0 Å². The predicted octanol–water partition coefficient (Wildman–Crippen LogP) is -1.64. The smallest absolute Gasteiger partial charge is 0.243 e. The van der Waals surface area contributed by atoms with Gasteiger partial charge in [-0.1, -0.05) is 0 Å². The van der Waals surface area contributed by atoms with E-state index in [0.29, 0.717) is 0 Å². The molecule has 10 heavy (non-hydrogen) atoms. The summed E-state index contributed by atoms with van der Waals surface area (Å²) in [7, 11) is 0. The van der Waals surface area contributed by atoms with Crippen molar-refractivity contribution in [1.82, 2.24) is 0 Å². The summed E-state index contributed by atoms with van der Waals surface area (Å²) in [5, 5.41) is 0. The minimum atomic E-state index is -0.551. The Hall–Kier alpha value is -1.10. The first-order valence-electron chi connectivity index (χ1n) is 2.77. The van der Waals surface area contributed by atoms with E-state index in [-0.39, 0.29) is 19.6 Å². The van der Waals surface area contributed by atoms with Gasteiger partial charge in [0.05, 0.1) is 6.61 Å². The molecule has 0 spiro atoms. The van der Waals surface area contributed by atoms with E-state index in [2.05, 4.69) is 4.74 Å². The van der Waals surface area contributed by atoms with Gasteiger partial charge in [-0.05, 0) is 0 Å².